The average molecular weight is 331 g/mol. The van der Waals surface area contributed by atoms with Crippen molar-refractivity contribution in [3.05, 3.63) is 34.7 Å². The molecular weight excluding hydrogens is 308 g/mol. The van der Waals surface area contributed by atoms with E-state index in [1.165, 1.54) is 42.0 Å². The van der Waals surface area contributed by atoms with E-state index >= 15 is 0 Å². The molecule has 0 saturated carbocycles. The summed E-state index contributed by atoms with van der Waals surface area (Å²) in [5.74, 6) is 1.92. The van der Waals surface area contributed by atoms with Crippen molar-refractivity contribution < 1.29 is 0 Å². The molecule has 2 aliphatic heterocycles. The molecule has 2 aromatic rings. The first kappa shape index (κ1) is 14.7. The molecule has 1 fully saturated rings. The van der Waals surface area contributed by atoms with Crippen molar-refractivity contribution in [1.29, 1.82) is 0 Å². The molecule has 1 saturated heterocycles. The van der Waals surface area contributed by atoms with Gasteiger partial charge in [-0.15, -0.1) is 23.1 Å². The normalized spacial score (nSPS) is 28.2. The molecule has 0 bridgehead atoms. The Balaban J connectivity index is 1.62. The minimum absolute atomic E-state index is 0.378. The maximum atomic E-state index is 4.47. The summed E-state index contributed by atoms with van der Waals surface area (Å²) in [5.41, 5.74) is 6.24. The van der Waals surface area contributed by atoms with Crippen molar-refractivity contribution in [3.63, 3.8) is 0 Å². The summed E-state index contributed by atoms with van der Waals surface area (Å²) < 4.78 is 0. The second kappa shape index (κ2) is 5.66. The zero-order valence-electron chi connectivity index (χ0n) is 13.2. The van der Waals surface area contributed by atoms with Gasteiger partial charge in [-0.05, 0) is 63.4 Å². The average Bonchev–Trinajstić information content (AvgIpc) is 3.22. The van der Waals surface area contributed by atoms with Gasteiger partial charge in [-0.1, -0.05) is 6.07 Å². The zero-order chi connectivity index (χ0) is 15.2. The van der Waals surface area contributed by atoms with Crippen LogP contribution in [0.2, 0.25) is 0 Å². The van der Waals surface area contributed by atoms with E-state index in [9.17, 15) is 0 Å². The summed E-state index contributed by atoms with van der Waals surface area (Å²) in [5, 5.41) is 2.14. The summed E-state index contributed by atoms with van der Waals surface area (Å²) in [6, 6.07) is 6.93. The topological polar surface area (TPSA) is 16.1 Å². The Hall–Kier alpha value is -0.840. The number of hydrogen-bond donors (Lipinski definition) is 0. The predicted molar refractivity (Wildman–Crippen MR) is 95.9 cm³/mol. The third-order valence-electron chi connectivity index (χ3n) is 5.43. The van der Waals surface area contributed by atoms with E-state index in [-0.39, 0.29) is 0 Å². The van der Waals surface area contributed by atoms with Crippen LogP contribution in [0.25, 0.3) is 11.3 Å². The minimum atomic E-state index is 0.378. The SMILES string of the molecule is CN1CCC[C@]1(C)CC1CSc2ccc(-c3cscn3)cc21. The molecule has 2 aliphatic rings. The van der Waals surface area contributed by atoms with E-state index in [4.69, 9.17) is 0 Å². The van der Waals surface area contributed by atoms with Crippen molar-refractivity contribution in [2.45, 2.75) is 42.5 Å². The van der Waals surface area contributed by atoms with Gasteiger partial charge in [0.15, 0.2) is 0 Å². The molecule has 1 aromatic carbocycles. The molecule has 22 heavy (non-hydrogen) atoms. The van der Waals surface area contributed by atoms with Gasteiger partial charge in [-0.2, -0.15) is 0 Å². The molecule has 0 spiro atoms. The van der Waals surface area contributed by atoms with Crippen molar-refractivity contribution >= 4 is 23.1 Å². The molecule has 0 N–H and O–H groups in total. The maximum Gasteiger partial charge on any atom is 0.0811 e. The zero-order valence-corrected chi connectivity index (χ0v) is 14.8. The lowest BCUT2D eigenvalue weighted by Gasteiger charge is -2.34. The maximum absolute atomic E-state index is 4.47. The van der Waals surface area contributed by atoms with Gasteiger partial charge in [0.05, 0.1) is 11.2 Å². The number of benzene rings is 1. The number of aromatic nitrogens is 1. The Kier molecular flexibility index (Phi) is 3.79. The van der Waals surface area contributed by atoms with Gasteiger partial charge in [0.25, 0.3) is 0 Å². The monoisotopic (exact) mass is 330 g/mol. The second-order valence-corrected chi connectivity index (χ2v) is 8.64. The van der Waals surface area contributed by atoms with Crippen LogP contribution in [0.3, 0.4) is 0 Å². The van der Waals surface area contributed by atoms with Gasteiger partial charge in [-0.3, -0.25) is 0 Å². The highest BCUT2D eigenvalue weighted by Crippen LogP contribution is 2.47. The van der Waals surface area contributed by atoms with Gasteiger partial charge in [0.2, 0.25) is 0 Å². The molecule has 0 radical (unpaired) electrons. The van der Waals surface area contributed by atoms with Gasteiger partial charge in [0.1, 0.15) is 0 Å². The second-order valence-electron chi connectivity index (χ2n) is 6.86. The van der Waals surface area contributed by atoms with Gasteiger partial charge in [-0.25, -0.2) is 4.98 Å². The lowest BCUT2D eigenvalue weighted by molar-refractivity contribution is 0.174. The number of thioether (sulfide) groups is 1. The van der Waals surface area contributed by atoms with Crippen LogP contribution in [0.15, 0.2) is 34.0 Å². The fourth-order valence-corrected chi connectivity index (χ4v) is 5.70. The van der Waals surface area contributed by atoms with E-state index < -0.39 is 0 Å². The van der Waals surface area contributed by atoms with Crippen molar-refractivity contribution in [3.8, 4) is 11.3 Å². The third-order valence-corrected chi connectivity index (χ3v) is 7.27. The highest BCUT2D eigenvalue weighted by atomic mass is 32.2. The summed E-state index contributed by atoms with van der Waals surface area (Å²) in [6.07, 6.45) is 3.97. The Morgan fingerprint density at radius 3 is 3.05 bits per heavy atom. The van der Waals surface area contributed by atoms with Crippen LogP contribution in [-0.4, -0.2) is 34.8 Å². The van der Waals surface area contributed by atoms with E-state index in [0.29, 0.717) is 11.5 Å². The highest BCUT2D eigenvalue weighted by molar-refractivity contribution is 7.99. The standard InChI is InChI=1S/C18H22N2S2/c1-18(6-3-7-20(18)2)9-14-10-22-17-5-4-13(8-15(14)17)16-11-21-12-19-16/h4-5,8,11-12,14H,3,6-7,9-10H2,1-2H3/t14?,18-/m1/s1. The predicted octanol–water partition coefficient (Wildman–Crippen LogP) is 4.87. The van der Waals surface area contributed by atoms with Crippen LogP contribution in [0.1, 0.15) is 37.7 Å². The summed E-state index contributed by atoms with van der Waals surface area (Å²) >= 11 is 3.70. The molecule has 2 atom stereocenters. The Bertz CT molecular complexity index is 668. The number of hydrogen-bond acceptors (Lipinski definition) is 4. The number of rotatable bonds is 3. The van der Waals surface area contributed by atoms with Gasteiger partial charge in [0, 0.05) is 27.1 Å². The van der Waals surface area contributed by atoms with Crippen LogP contribution >= 0.6 is 23.1 Å². The minimum Gasteiger partial charge on any atom is -0.301 e. The lowest BCUT2D eigenvalue weighted by Crippen LogP contribution is -2.39. The third kappa shape index (κ3) is 2.51. The fourth-order valence-electron chi connectivity index (χ4n) is 3.91. The lowest BCUT2D eigenvalue weighted by atomic mass is 9.84. The molecule has 1 unspecified atom stereocenters. The van der Waals surface area contributed by atoms with Crippen LogP contribution in [0, 0.1) is 0 Å². The molecule has 1 aromatic heterocycles. The van der Waals surface area contributed by atoms with Gasteiger partial charge < -0.3 is 4.90 Å². The van der Waals surface area contributed by atoms with Crippen LogP contribution in [-0.2, 0) is 0 Å². The first-order chi connectivity index (χ1) is 10.7. The smallest absolute Gasteiger partial charge is 0.0811 e. The molecule has 3 heterocycles. The molecule has 4 heteroatoms. The number of likely N-dealkylation sites (tertiary alicyclic amines) is 1. The molecule has 0 amide bonds. The van der Waals surface area contributed by atoms with Crippen LogP contribution in [0.4, 0.5) is 0 Å². The molecule has 116 valence electrons. The van der Waals surface area contributed by atoms with Crippen molar-refractivity contribution in [2.75, 3.05) is 19.3 Å². The van der Waals surface area contributed by atoms with Crippen molar-refractivity contribution in [2.24, 2.45) is 0 Å². The Labute approximate surface area is 141 Å². The first-order valence-electron chi connectivity index (χ1n) is 8.02. The Morgan fingerprint density at radius 2 is 2.32 bits per heavy atom. The summed E-state index contributed by atoms with van der Waals surface area (Å²) in [7, 11) is 2.29. The molecule has 2 nitrogen and oxygen atoms in total. The molecule has 4 rings (SSSR count). The highest BCUT2D eigenvalue weighted by Gasteiger charge is 2.38. The van der Waals surface area contributed by atoms with E-state index in [2.05, 4.69) is 47.4 Å². The summed E-state index contributed by atoms with van der Waals surface area (Å²) in [4.78, 5) is 8.52. The van der Waals surface area contributed by atoms with Crippen LogP contribution in [0.5, 0.6) is 0 Å². The largest absolute Gasteiger partial charge is 0.301 e. The quantitative estimate of drug-likeness (QED) is 0.798. The molecule has 0 aliphatic carbocycles. The van der Waals surface area contributed by atoms with Crippen LogP contribution < -0.4 is 0 Å². The summed E-state index contributed by atoms with van der Waals surface area (Å²) in [6.45, 7) is 3.70. The van der Waals surface area contributed by atoms with Gasteiger partial charge >= 0.3 is 0 Å². The van der Waals surface area contributed by atoms with Crippen molar-refractivity contribution in [1.82, 2.24) is 9.88 Å². The number of nitrogens with zero attached hydrogens (tertiary/aromatic N) is 2. The van der Waals surface area contributed by atoms with E-state index in [0.717, 1.165) is 5.69 Å². The fraction of sp³-hybridized carbons (Fsp3) is 0.500. The molecular formula is C18H22N2S2. The number of fused-ring (bicyclic) bond motifs is 1. The Morgan fingerprint density at radius 1 is 1.41 bits per heavy atom. The van der Waals surface area contributed by atoms with E-state index in [1.807, 2.05) is 17.3 Å². The van der Waals surface area contributed by atoms with E-state index in [1.54, 1.807) is 16.9 Å². The first-order valence-corrected chi connectivity index (χ1v) is 9.95. The number of thiazole rings is 1.